The summed E-state index contributed by atoms with van der Waals surface area (Å²) in [6.07, 6.45) is 3.31. The highest BCUT2D eigenvalue weighted by atomic mass is 35.5. The zero-order valence-corrected chi connectivity index (χ0v) is 18.7. The third-order valence-corrected chi connectivity index (χ3v) is 6.33. The molecule has 3 aliphatic heterocycles. The minimum absolute atomic E-state index is 0.00886. The average molecular weight is 463 g/mol. The van der Waals surface area contributed by atoms with Gasteiger partial charge in [-0.05, 0) is 30.7 Å². The molecule has 9 heteroatoms. The van der Waals surface area contributed by atoms with Gasteiger partial charge in [0.05, 0.1) is 31.4 Å². The minimum atomic E-state index is -0.206. The number of nitriles is 1. The second kappa shape index (κ2) is 9.12. The van der Waals surface area contributed by atoms with Gasteiger partial charge in [-0.3, -0.25) is 4.79 Å². The molecule has 8 nitrogen and oxygen atoms in total. The van der Waals surface area contributed by atoms with Gasteiger partial charge in [0.15, 0.2) is 0 Å². The van der Waals surface area contributed by atoms with E-state index in [4.69, 9.17) is 21.4 Å². The van der Waals surface area contributed by atoms with Gasteiger partial charge in [-0.15, -0.1) is 4.99 Å². The van der Waals surface area contributed by atoms with Gasteiger partial charge in [-0.25, -0.2) is 5.01 Å². The van der Waals surface area contributed by atoms with Gasteiger partial charge in [-0.1, -0.05) is 41.9 Å². The molecule has 0 bridgehead atoms. The molecule has 0 N–H and O–H groups in total. The van der Waals surface area contributed by atoms with Crippen LogP contribution in [0.3, 0.4) is 0 Å². The third-order valence-electron chi connectivity index (χ3n) is 6.07. The first-order valence-corrected chi connectivity index (χ1v) is 11.3. The second-order valence-electron chi connectivity index (χ2n) is 8.25. The Morgan fingerprint density at radius 1 is 1.12 bits per heavy atom. The van der Waals surface area contributed by atoms with Crippen molar-refractivity contribution in [3.63, 3.8) is 0 Å². The number of para-hydroxylation sites is 1. The smallest absolute Gasteiger partial charge is 0.233 e. The van der Waals surface area contributed by atoms with E-state index in [1.165, 1.54) is 0 Å². The summed E-state index contributed by atoms with van der Waals surface area (Å²) < 4.78 is 5.99. The Morgan fingerprint density at radius 2 is 1.88 bits per heavy atom. The third kappa shape index (κ3) is 4.37. The fourth-order valence-corrected chi connectivity index (χ4v) is 4.56. The molecule has 0 spiro atoms. The number of ether oxygens (including phenoxy) is 1. The van der Waals surface area contributed by atoms with Crippen LogP contribution in [0.2, 0.25) is 5.02 Å². The van der Waals surface area contributed by atoms with Gasteiger partial charge in [0.1, 0.15) is 11.9 Å². The van der Waals surface area contributed by atoms with Crippen molar-refractivity contribution < 1.29 is 9.53 Å². The molecule has 33 heavy (non-hydrogen) atoms. The van der Waals surface area contributed by atoms with Gasteiger partial charge in [0, 0.05) is 23.6 Å². The number of aliphatic imine (C=N–C) groups is 1. The normalized spacial score (nSPS) is 21.2. The molecule has 2 aromatic carbocycles. The van der Waals surface area contributed by atoms with E-state index in [2.05, 4.69) is 4.99 Å². The van der Waals surface area contributed by atoms with Gasteiger partial charge < -0.3 is 14.5 Å². The standard InChI is InChI=1S/C24H23ClN6O2/c25-18-10-8-17(9-11-18)23-21(30-12-4-7-22(30)32)15-31(28-23)24(27-16-26)29-13-20(14-29)33-19-5-2-1-3-6-19/h1-3,5-6,8-11,20-21H,4,7,12-15H2. The average Bonchev–Trinajstić information content (AvgIpc) is 3.42. The van der Waals surface area contributed by atoms with Crippen LogP contribution in [0.15, 0.2) is 64.7 Å². The van der Waals surface area contributed by atoms with Gasteiger partial charge in [-0.2, -0.15) is 10.4 Å². The van der Waals surface area contributed by atoms with Crippen molar-refractivity contribution in [3.8, 4) is 11.9 Å². The number of carbonyl (C=O) groups excluding carboxylic acids is 1. The molecule has 2 aromatic rings. The Balaban J connectivity index is 1.36. The summed E-state index contributed by atoms with van der Waals surface area (Å²) in [4.78, 5) is 20.5. The van der Waals surface area contributed by atoms with Crippen molar-refractivity contribution in [3.05, 3.63) is 65.2 Å². The summed E-state index contributed by atoms with van der Waals surface area (Å²) in [6.45, 7) is 2.35. The number of amides is 1. The fraction of sp³-hybridized carbons (Fsp3) is 0.333. The molecule has 2 saturated heterocycles. The molecule has 1 unspecified atom stereocenters. The van der Waals surface area contributed by atoms with Crippen molar-refractivity contribution in [2.75, 3.05) is 26.2 Å². The molecular formula is C24H23ClN6O2. The Bertz CT molecular complexity index is 1120. The first-order valence-electron chi connectivity index (χ1n) is 11.0. The lowest BCUT2D eigenvalue weighted by atomic mass is 10.0. The van der Waals surface area contributed by atoms with Crippen LogP contribution >= 0.6 is 11.6 Å². The number of guanidine groups is 1. The van der Waals surface area contributed by atoms with E-state index in [1.54, 1.807) is 5.01 Å². The van der Waals surface area contributed by atoms with E-state index >= 15 is 0 Å². The van der Waals surface area contributed by atoms with E-state index in [0.29, 0.717) is 43.6 Å². The van der Waals surface area contributed by atoms with Crippen molar-refractivity contribution in [1.29, 1.82) is 5.26 Å². The lowest BCUT2D eigenvalue weighted by Gasteiger charge is -2.42. The molecule has 1 atom stereocenters. The lowest BCUT2D eigenvalue weighted by Crippen LogP contribution is -2.59. The molecular weight excluding hydrogens is 440 g/mol. The highest BCUT2D eigenvalue weighted by Gasteiger charge is 2.41. The number of carbonyl (C=O) groups is 1. The Labute approximate surface area is 197 Å². The maximum atomic E-state index is 12.5. The topological polar surface area (TPSA) is 84.5 Å². The van der Waals surface area contributed by atoms with Gasteiger partial charge in [0.25, 0.3) is 0 Å². The number of benzene rings is 2. The van der Waals surface area contributed by atoms with Crippen molar-refractivity contribution in [2.45, 2.75) is 25.0 Å². The molecule has 5 rings (SSSR count). The van der Waals surface area contributed by atoms with Crippen LogP contribution < -0.4 is 4.74 Å². The maximum Gasteiger partial charge on any atom is 0.233 e. The molecule has 0 radical (unpaired) electrons. The summed E-state index contributed by atoms with van der Waals surface area (Å²) in [5.41, 5.74) is 1.68. The number of halogens is 1. The summed E-state index contributed by atoms with van der Waals surface area (Å²) in [6, 6.07) is 16.9. The van der Waals surface area contributed by atoms with Crippen LogP contribution in [0.5, 0.6) is 5.75 Å². The fourth-order valence-electron chi connectivity index (χ4n) is 4.43. The molecule has 0 aromatic heterocycles. The van der Waals surface area contributed by atoms with Crippen LogP contribution in [0.1, 0.15) is 18.4 Å². The molecule has 0 aliphatic carbocycles. The predicted octanol–water partition coefficient (Wildman–Crippen LogP) is 2.95. The number of nitrogens with zero attached hydrogens (tertiary/aromatic N) is 6. The highest BCUT2D eigenvalue weighted by Crippen LogP contribution is 2.27. The second-order valence-corrected chi connectivity index (χ2v) is 8.69. The quantitative estimate of drug-likeness (QED) is 0.396. The predicted molar refractivity (Wildman–Crippen MR) is 125 cm³/mol. The number of likely N-dealkylation sites (tertiary alicyclic amines) is 2. The van der Waals surface area contributed by atoms with Crippen LogP contribution in [-0.2, 0) is 4.79 Å². The molecule has 1 amide bonds. The summed E-state index contributed by atoms with van der Waals surface area (Å²) in [5, 5.41) is 16.6. The Morgan fingerprint density at radius 3 is 2.55 bits per heavy atom. The highest BCUT2D eigenvalue weighted by molar-refractivity contribution is 6.30. The van der Waals surface area contributed by atoms with Crippen LogP contribution in [0, 0.1) is 11.5 Å². The van der Waals surface area contributed by atoms with Gasteiger partial charge in [0.2, 0.25) is 18.1 Å². The van der Waals surface area contributed by atoms with E-state index < -0.39 is 0 Å². The zero-order valence-electron chi connectivity index (χ0n) is 18.0. The van der Waals surface area contributed by atoms with E-state index in [9.17, 15) is 10.1 Å². The Kier molecular flexibility index (Phi) is 5.88. The monoisotopic (exact) mass is 462 g/mol. The van der Waals surface area contributed by atoms with Crippen LogP contribution in [-0.4, -0.2) is 70.7 Å². The summed E-state index contributed by atoms with van der Waals surface area (Å²) in [5.74, 6) is 1.42. The van der Waals surface area contributed by atoms with Crippen LogP contribution in [0.4, 0.5) is 0 Å². The van der Waals surface area contributed by atoms with Gasteiger partial charge >= 0.3 is 0 Å². The lowest BCUT2D eigenvalue weighted by molar-refractivity contribution is -0.128. The summed E-state index contributed by atoms with van der Waals surface area (Å²) in [7, 11) is 0. The molecule has 0 saturated carbocycles. The zero-order chi connectivity index (χ0) is 22.8. The van der Waals surface area contributed by atoms with Crippen molar-refractivity contribution in [2.24, 2.45) is 10.1 Å². The SMILES string of the molecule is N#CN=C(N1CC(Oc2ccccc2)C1)N1CC(N2CCCC2=O)C(c2ccc(Cl)cc2)=N1. The number of hydrazone groups is 1. The molecule has 2 fully saturated rings. The molecule has 3 aliphatic rings. The number of rotatable bonds is 4. The minimum Gasteiger partial charge on any atom is -0.487 e. The van der Waals surface area contributed by atoms with Crippen molar-refractivity contribution >= 4 is 29.2 Å². The molecule has 3 heterocycles. The first-order chi connectivity index (χ1) is 16.1. The first kappa shape index (κ1) is 21.3. The maximum absolute atomic E-state index is 12.5. The number of hydrogen-bond acceptors (Lipinski definition) is 5. The largest absolute Gasteiger partial charge is 0.487 e. The van der Waals surface area contributed by atoms with Crippen LogP contribution in [0.25, 0.3) is 0 Å². The Hall–Kier alpha value is -3.57. The molecule has 168 valence electrons. The number of hydrogen-bond donors (Lipinski definition) is 0. The van der Waals surface area contributed by atoms with E-state index in [1.807, 2.05) is 70.6 Å². The van der Waals surface area contributed by atoms with E-state index in [0.717, 1.165) is 23.4 Å². The van der Waals surface area contributed by atoms with Crippen molar-refractivity contribution in [1.82, 2.24) is 14.8 Å². The van der Waals surface area contributed by atoms with E-state index in [-0.39, 0.29) is 18.1 Å². The summed E-state index contributed by atoms with van der Waals surface area (Å²) >= 11 is 6.08.